The maximum atomic E-state index is 13.8. The molecule has 1 amide bonds. The number of pyridine rings is 1. The van der Waals surface area contributed by atoms with Gasteiger partial charge in [0.1, 0.15) is 5.82 Å². The number of aryl methyl sites for hydroxylation is 2. The van der Waals surface area contributed by atoms with Crippen molar-refractivity contribution in [3.05, 3.63) is 82.8 Å². The van der Waals surface area contributed by atoms with Crippen molar-refractivity contribution in [3.8, 4) is 11.6 Å². The second-order valence-electron chi connectivity index (χ2n) is 7.62. The highest BCUT2D eigenvalue weighted by atomic mass is 19.1. The Hall–Kier alpha value is -3.74. The molecule has 0 spiro atoms. The lowest BCUT2D eigenvalue weighted by Crippen LogP contribution is -2.23. The van der Waals surface area contributed by atoms with Crippen LogP contribution in [0.5, 0.6) is 5.88 Å². The second kappa shape index (κ2) is 9.18. The first-order valence-corrected chi connectivity index (χ1v) is 10.5. The molecule has 2 heterocycles. The van der Waals surface area contributed by atoms with Gasteiger partial charge in [0, 0.05) is 29.5 Å². The van der Waals surface area contributed by atoms with Crippen LogP contribution in [0.15, 0.2) is 54.6 Å². The van der Waals surface area contributed by atoms with Crippen LogP contribution in [0.3, 0.4) is 0 Å². The monoisotopic (exact) mass is 432 g/mol. The normalized spacial score (nSPS) is 11.0. The summed E-state index contributed by atoms with van der Waals surface area (Å²) in [5, 5.41) is 8.43. The van der Waals surface area contributed by atoms with Crippen LogP contribution in [-0.2, 0) is 17.8 Å². The minimum Gasteiger partial charge on any atom is -0.481 e. The maximum Gasteiger partial charge on any atom is 0.220 e. The van der Waals surface area contributed by atoms with Gasteiger partial charge in [-0.15, -0.1) is 0 Å². The first-order valence-electron chi connectivity index (χ1n) is 10.5. The summed E-state index contributed by atoms with van der Waals surface area (Å²) in [7, 11) is 1.57. The Balaban J connectivity index is 1.57. The lowest BCUT2D eigenvalue weighted by molar-refractivity contribution is -0.121. The van der Waals surface area contributed by atoms with Gasteiger partial charge in [0.15, 0.2) is 5.65 Å². The molecule has 0 aliphatic carbocycles. The molecule has 4 aromatic rings. The fourth-order valence-electron chi connectivity index (χ4n) is 3.91. The van der Waals surface area contributed by atoms with Gasteiger partial charge in [-0.1, -0.05) is 36.4 Å². The minimum absolute atomic E-state index is 0.155. The summed E-state index contributed by atoms with van der Waals surface area (Å²) in [6, 6.07) is 16.2. The third-order valence-corrected chi connectivity index (χ3v) is 5.56. The van der Waals surface area contributed by atoms with Gasteiger partial charge in [-0.05, 0) is 44.0 Å². The average molecular weight is 432 g/mol. The molecule has 0 bridgehead atoms. The highest BCUT2D eigenvalue weighted by Gasteiger charge is 2.20. The van der Waals surface area contributed by atoms with E-state index in [2.05, 4.69) is 10.4 Å². The van der Waals surface area contributed by atoms with E-state index in [1.165, 1.54) is 6.07 Å². The minimum atomic E-state index is -0.328. The topological polar surface area (TPSA) is 69.0 Å². The number of fused-ring (bicyclic) bond motifs is 1. The van der Waals surface area contributed by atoms with Crippen molar-refractivity contribution in [2.75, 3.05) is 7.11 Å². The molecule has 0 unspecified atom stereocenters. The third-order valence-electron chi connectivity index (χ3n) is 5.56. The van der Waals surface area contributed by atoms with E-state index in [0.717, 1.165) is 33.5 Å². The smallest absolute Gasteiger partial charge is 0.220 e. The van der Waals surface area contributed by atoms with Crippen molar-refractivity contribution < 1.29 is 13.9 Å². The second-order valence-corrected chi connectivity index (χ2v) is 7.62. The Labute approximate surface area is 186 Å². The van der Waals surface area contributed by atoms with Crippen LogP contribution in [0.1, 0.15) is 28.8 Å². The van der Waals surface area contributed by atoms with E-state index in [-0.39, 0.29) is 24.7 Å². The standard InChI is InChI=1S/C25H25FN4O2/c1-16-20(13-14-22(31)27-15-18-9-7-8-12-21(18)26)25(32-3)28-24-23(16)17(2)29-30(24)19-10-5-4-6-11-19/h4-12H,13-15H2,1-3H3,(H,27,31). The van der Waals surface area contributed by atoms with Crippen LogP contribution in [0, 0.1) is 19.7 Å². The number of carbonyl (C=O) groups excluding carboxylic acids is 1. The van der Waals surface area contributed by atoms with Crippen molar-refractivity contribution in [2.45, 2.75) is 33.2 Å². The number of carbonyl (C=O) groups is 1. The Bertz CT molecular complexity index is 1270. The van der Waals surface area contributed by atoms with Crippen molar-refractivity contribution in [2.24, 2.45) is 0 Å². The van der Waals surface area contributed by atoms with Gasteiger partial charge < -0.3 is 10.1 Å². The summed E-state index contributed by atoms with van der Waals surface area (Å²) >= 11 is 0. The Morgan fingerprint density at radius 1 is 1.09 bits per heavy atom. The molecule has 0 aliphatic heterocycles. The van der Waals surface area contributed by atoms with E-state index < -0.39 is 0 Å². The number of benzene rings is 2. The van der Waals surface area contributed by atoms with Crippen LogP contribution in [0.4, 0.5) is 4.39 Å². The SMILES string of the molecule is COc1nc2c(c(C)nn2-c2ccccc2)c(C)c1CCC(=O)NCc1ccccc1F. The molecule has 0 saturated carbocycles. The van der Waals surface area contributed by atoms with Crippen molar-refractivity contribution >= 4 is 16.9 Å². The molecule has 2 aromatic carbocycles. The highest BCUT2D eigenvalue weighted by Crippen LogP contribution is 2.31. The number of halogens is 1. The van der Waals surface area contributed by atoms with Crippen LogP contribution < -0.4 is 10.1 Å². The summed E-state index contributed by atoms with van der Waals surface area (Å²) in [5.41, 5.74) is 4.82. The van der Waals surface area contributed by atoms with E-state index in [9.17, 15) is 9.18 Å². The van der Waals surface area contributed by atoms with E-state index in [4.69, 9.17) is 9.72 Å². The molecular weight excluding hydrogens is 407 g/mol. The summed E-state index contributed by atoms with van der Waals surface area (Å²) in [6.07, 6.45) is 0.696. The predicted molar refractivity (Wildman–Crippen MR) is 121 cm³/mol. The fraction of sp³-hybridized carbons (Fsp3) is 0.240. The van der Waals surface area contributed by atoms with E-state index in [0.29, 0.717) is 17.9 Å². The number of amides is 1. The number of hydrogen-bond acceptors (Lipinski definition) is 4. The lowest BCUT2D eigenvalue weighted by atomic mass is 10.0. The van der Waals surface area contributed by atoms with Crippen LogP contribution in [0.2, 0.25) is 0 Å². The van der Waals surface area contributed by atoms with Crippen LogP contribution in [0.25, 0.3) is 16.7 Å². The molecule has 164 valence electrons. The fourth-order valence-corrected chi connectivity index (χ4v) is 3.91. The molecule has 6 nitrogen and oxygen atoms in total. The number of nitrogens with one attached hydrogen (secondary N) is 1. The molecule has 0 atom stereocenters. The highest BCUT2D eigenvalue weighted by molar-refractivity contribution is 5.86. The van der Waals surface area contributed by atoms with Crippen molar-refractivity contribution in [3.63, 3.8) is 0 Å². The predicted octanol–water partition coefficient (Wildman–Crippen LogP) is 4.43. The Morgan fingerprint density at radius 3 is 2.53 bits per heavy atom. The molecule has 1 N–H and O–H groups in total. The molecule has 0 saturated heterocycles. The lowest BCUT2D eigenvalue weighted by Gasteiger charge is -2.13. The number of hydrogen-bond donors (Lipinski definition) is 1. The van der Waals surface area contributed by atoms with E-state index >= 15 is 0 Å². The Morgan fingerprint density at radius 2 is 1.81 bits per heavy atom. The van der Waals surface area contributed by atoms with Crippen molar-refractivity contribution in [1.29, 1.82) is 0 Å². The van der Waals surface area contributed by atoms with Gasteiger partial charge >= 0.3 is 0 Å². The zero-order valence-corrected chi connectivity index (χ0v) is 18.4. The molecular formula is C25H25FN4O2. The van der Waals surface area contributed by atoms with Gasteiger partial charge in [-0.25, -0.2) is 9.07 Å². The van der Waals surface area contributed by atoms with Gasteiger partial charge in [0.2, 0.25) is 11.8 Å². The summed E-state index contributed by atoms with van der Waals surface area (Å²) < 4.78 is 21.2. The van der Waals surface area contributed by atoms with Crippen LogP contribution >= 0.6 is 0 Å². The largest absolute Gasteiger partial charge is 0.481 e. The first-order chi connectivity index (χ1) is 15.5. The van der Waals surface area contributed by atoms with Gasteiger partial charge in [0.05, 0.1) is 18.5 Å². The number of ether oxygens (including phenoxy) is 1. The molecule has 0 radical (unpaired) electrons. The number of methoxy groups -OCH3 is 1. The summed E-state index contributed by atoms with van der Waals surface area (Å²) in [6.45, 7) is 4.11. The molecule has 0 aliphatic rings. The maximum absolute atomic E-state index is 13.8. The van der Waals surface area contributed by atoms with Crippen LogP contribution in [-0.4, -0.2) is 27.8 Å². The van der Waals surface area contributed by atoms with E-state index in [1.54, 1.807) is 25.3 Å². The number of nitrogens with zero attached hydrogens (tertiary/aromatic N) is 3. The third kappa shape index (κ3) is 4.19. The van der Waals surface area contributed by atoms with Gasteiger partial charge in [-0.3, -0.25) is 4.79 Å². The summed E-state index contributed by atoms with van der Waals surface area (Å²) in [5.74, 6) is -0.00800. The first kappa shape index (κ1) is 21.5. The van der Waals surface area contributed by atoms with E-state index in [1.807, 2.05) is 48.9 Å². The molecule has 0 fully saturated rings. The van der Waals surface area contributed by atoms with Gasteiger partial charge in [-0.2, -0.15) is 10.1 Å². The molecule has 2 aromatic heterocycles. The summed E-state index contributed by atoms with van der Waals surface area (Å²) in [4.78, 5) is 17.2. The molecule has 4 rings (SSSR count). The number of aromatic nitrogens is 3. The number of para-hydroxylation sites is 1. The van der Waals surface area contributed by atoms with Crippen molar-refractivity contribution in [1.82, 2.24) is 20.1 Å². The zero-order valence-electron chi connectivity index (χ0n) is 18.4. The molecule has 7 heteroatoms. The van der Waals surface area contributed by atoms with Gasteiger partial charge in [0.25, 0.3) is 0 Å². The number of rotatable bonds is 7. The average Bonchev–Trinajstić information content (AvgIpc) is 3.14. The Kier molecular flexibility index (Phi) is 6.16. The quantitative estimate of drug-likeness (QED) is 0.469. The molecule has 32 heavy (non-hydrogen) atoms. The zero-order chi connectivity index (χ0) is 22.7.